The van der Waals surface area contributed by atoms with Crippen LogP contribution in [0.4, 0.5) is 0 Å². The van der Waals surface area contributed by atoms with Gasteiger partial charge in [-0.15, -0.1) is 0 Å². The lowest BCUT2D eigenvalue weighted by atomic mass is 10.2. The van der Waals surface area contributed by atoms with Crippen LogP contribution in [0.3, 0.4) is 0 Å². The van der Waals surface area contributed by atoms with Gasteiger partial charge in [0, 0.05) is 5.02 Å². The molecule has 3 nitrogen and oxygen atoms in total. The van der Waals surface area contributed by atoms with Crippen molar-refractivity contribution in [2.45, 2.75) is 0 Å². The molecule has 0 aliphatic heterocycles. The van der Waals surface area contributed by atoms with Crippen LogP contribution in [0.25, 0.3) is 11.0 Å². The minimum Gasteiger partial charge on any atom is -0.456 e. The highest BCUT2D eigenvalue weighted by Gasteiger charge is 2.07. The first-order chi connectivity index (χ1) is 9.22. The van der Waals surface area contributed by atoms with Crippen LogP contribution >= 0.6 is 11.6 Å². The van der Waals surface area contributed by atoms with E-state index in [2.05, 4.69) is 0 Å². The van der Waals surface area contributed by atoms with Gasteiger partial charge in [-0.25, -0.2) is 4.79 Å². The number of hydrogen-bond acceptors (Lipinski definition) is 3. The fourth-order valence-electron chi connectivity index (χ4n) is 1.80. The summed E-state index contributed by atoms with van der Waals surface area (Å²) in [4.78, 5) is 11.5. The molecule has 0 bridgehead atoms. The zero-order valence-electron chi connectivity index (χ0n) is 9.80. The van der Waals surface area contributed by atoms with Crippen LogP contribution in [0.2, 0.25) is 5.02 Å². The number of rotatable bonds is 2. The Kier molecular flexibility index (Phi) is 2.97. The van der Waals surface area contributed by atoms with Gasteiger partial charge in [-0.1, -0.05) is 23.7 Å². The first-order valence-corrected chi connectivity index (χ1v) is 6.06. The highest BCUT2D eigenvalue weighted by Crippen LogP contribution is 2.28. The number of ether oxygens (including phenoxy) is 1. The summed E-state index contributed by atoms with van der Waals surface area (Å²) < 4.78 is 10.8. The Morgan fingerprint density at radius 1 is 1.00 bits per heavy atom. The second kappa shape index (κ2) is 4.78. The van der Waals surface area contributed by atoms with Gasteiger partial charge in [0.25, 0.3) is 0 Å². The molecule has 0 saturated carbocycles. The van der Waals surface area contributed by atoms with Crippen molar-refractivity contribution in [1.29, 1.82) is 0 Å². The quantitative estimate of drug-likeness (QED) is 0.655. The molecule has 0 atom stereocenters. The second-order valence-corrected chi connectivity index (χ2v) is 4.42. The molecule has 0 amide bonds. The van der Waals surface area contributed by atoms with Crippen LogP contribution in [0.5, 0.6) is 11.5 Å². The molecule has 0 aliphatic carbocycles. The molecule has 0 saturated heterocycles. The fraction of sp³-hybridized carbons (Fsp3) is 0. The van der Waals surface area contributed by atoms with Gasteiger partial charge in [0.1, 0.15) is 17.1 Å². The van der Waals surface area contributed by atoms with Crippen molar-refractivity contribution in [3.05, 3.63) is 70.0 Å². The second-order valence-electron chi connectivity index (χ2n) is 3.98. The van der Waals surface area contributed by atoms with Crippen molar-refractivity contribution in [2.75, 3.05) is 0 Å². The van der Waals surface area contributed by atoms with E-state index < -0.39 is 5.63 Å². The Balaban J connectivity index is 2.09. The van der Waals surface area contributed by atoms with Gasteiger partial charge in [0.2, 0.25) is 0 Å². The van der Waals surface area contributed by atoms with E-state index >= 15 is 0 Å². The summed E-state index contributed by atoms with van der Waals surface area (Å²) in [5.74, 6) is 1.08. The molecule has 2 aromatic carbocycles. The fourth-order valence-corrected chi connectivity index (χ4v) is 1.92. The third-order valence-electron chi connectivity index (χ3n) is 2.65. The number of halogens is 1. The molecule has 4 heteroatoms. The van der Waals surface area contributed by atoms with Crippen molar-refractivity contribution < 1.29 is 9.15 Å². The number of fused-ring (bicyclic) bond motifs is 1. The molecule has 0 N–H and O–H groups in total. The summed E-state index contributed by atoms with van der Waals surface area (Å²) in [5.41, 5.74) is 0.0571. The lowest BCUT2D eigenvalue weighted by molar-refractivity contribution is 0.475. The maximum Gasteiger partial charge on any atom is 0.339 e. The molecule has 19 heavy (non-hydrogen) atoms. The molecule has 0 unspecified atom stereocenters. The number of benzene rings is 2. The highest BCUT2D eigenvalue weighted by atomic mass is 35.5. The van der Waals surface area contributed by atoms with E-state index in [1.54, 1.807) is 36.4 Å². The standard InChI is InChI=1S/C15H9ClO3/c16-10-5-7-11(8-6-10)18-14-9-15(17)19-13-4-2-1-3-12(13)14/h1-9H. The number of para-hydroxylation sites is 1. The third kappa shape index (κ3) is 2.46. The smallest absolute Gasteiger partial charge is 0.339 e. The van der Waals surface area contributed by atoms with E-state index in [4.69, 9.17) is 20.8 Å². The summed E-state index contributed by atoms with van der Waals surface area (Å²) in [6.07, 6.45) is 0. The lowest BCUT2D eigenvalue weighted by Crippen LogP contribution is -1.98. The Morgan fingerprint density at radius 2 is 1.74 bits per heavy atom. The molecule has 1 heterocycles. The van der Waals surface area contributed by atoms with Crippen LogP contribution in [-0.4, -0.2) is 0 Å². The lowest BCUT2D eigenvalue weighted by Gasteiger charge is -2.07. The predicted octanol–water partition coefficient (Wildman–Crippen LogP) is 4.24. The van der Waals surface area contributed by atoms with Crippen LogP contribution in [0.1, 0.15) is 0 Å². The Labute approximate surface area is 114 Å². The maximum atomic E-state index is 11.5. The Morgan fingerprint density at radius 3 is 2.53 bits per heavy atom. The Hall–Kier alpha value is -2.26. The predicted molar refractivity (Wildman–Crippen MR) is 74.0 cm³/mol. The molecule has 94 valence electrons. The van der Waals surface area contributed by atoms with Gasteiger partial charge in [-0.05, 0) is 36.4 Å². The monoisotopic (exact) mass is 272 g/mol. The summed E-state index contributed by atoms with van der Waals surface area (Å²) in [5, 5.41) is 1.38. The maximum absolute atomic E-state index is 11.5. The summed E-state index contributed by atoms with van der Waals surface area (Å²) in [7, 11) is 0. The van der Waals surface area contributed by atoms with Gasteiger partial charge in [-0.3, -0.25) is 0 Å². The number of hydrogen-bond donors (Lipinski definition) is 0. The van der Waals surface area contributed by atoms with Gasteiger partial charge in [0.15, 0.2) is 0 Å². The normalized spacial score (nSPS) is 10.6. The average Bonchev–Trinajstić information content (AvgIpc) is 2.41. The summed E-state index contributed by atoms with van der Waals surface area (Å²) in [6, 6.07) is 15.5. The van der Waals surface area contributed by atoms with Crippen molar-refractivity contribution in [3.63, 3.8) is 0 Å². The van der Waals surface area contributed by atoms with Gasteiger partial charge in [-0.2, -0.15) is 0 Å². The van der Waals surface area contributed by atoms with Crippen LogP contribution in [0, 0.1) is 0 Å². The van der Waals surface area contributed by atoms with Crippen molar-refractivity contribution in [3.8, 4) is 11.5 Å². The molecule has 1 aromatic heterocycles. The van der Waals surface area contributed by atoms with Crippen molar-refractivity contribution >= 4 is 22.6 Å². The molecular weight excluding hydrogens is 264 g/mol. The average molecular weight is 273 g/mol. The van der Waals surface area contributed by atoms with Crippen molar-refractivity contribution in [2.24, 2.45) is 0 Å². The molecule has 3 rings (SSSR count). The van der Waals surface area contributed by atoms with E-state index in [0.717, 1.165) is 5.39 Å². The largest absolute Gasteiger partial charge is 0.456 e. The van der Waals surface area contributed by atoms with Crippen LogP contribution < -0.4 is 10.4 Å². The minimum atomic E-state index is -0.442. The van der Waals surface area contributed by atoms with Crippen LogP contribution in [-0.2, 0) is 0 Å². The molecule has 0 fully saturated rings. The molecule has 0 spiro atoms. The molecule has 3 aromatic rings. The first-order valence-electron chi connectivity index (χ1n) is 5.69. The SMILES string of the molecule is O=c1cc(Oc2ccc(Cl)cc2)c2ccccc2o1. The molecule has 0 radical (unpaired) electrons. The third-order valence-corrected chi connectivity index (χ3v) is 2.91. The summed E-state index contributed by atoms with van der Waals surface area (Å²) >= 11 is 5.81. The van der Waals surface area contributed by atoms with E-state index in [1.165, 1.54) is 6.07 Å². The van der Waals surface area contributed by atoms with E-state index in [1.807, 2.05) is 12.1 Å². The van der Waals surface area contributed by atoms with Gasteiger partial charge in [0.05, 0.1) is 11.5 Å². The van der Waals surface area contributed by atoms with Gasteiger partial charge < -0.3 is 9.15 Å². The zero-order valence-corrected chi connectivity index (χ0v) is 10.6. The first kappa shape index (κ1) is 11.8. The molecular formula is C15H9ClO3. The zero-order chi connectivity index (χ0) is 13.2. The van der Waals surface area contributed by atoms with E-state index in [-0.39, 0.29) is 0 Å². The topological polar surface area (TPSA) is 39.4 Å². The van der Waals surface area contributed by atoms with E-state index in [0.29, 0.717) is 22.1 Å². The molecule has 0 aliphatic rings. The summed E-state index contributed by atoms with van der Waals surface area (Å²) in [6.45, 7) is 0. The van der Waals surface area contributed by atoms with Crippen LogP contribution in [0.15, 0.2) is 63.8 Å². The Bertz CT molecular complexity index is 775. The van der Waals surface area contributed by atoms with Gasteiger partial charge >= 0.3 is 5.63 Å². The highest BCUT2D eigenvalue weighted by molar-refractivity contribution is 6.30. The minimum absolute atomic E-state index is 0.442. The van der Waals surface area contributed by atoms with E-state index in [9.17, 15) is 4.79 Å². The van der Waals surface area contributed by atoms with Crippen molar-refractivity contribution in [1.82, 2.24) is 0 Å².